The topological polar surface area (TPSA) is 81.6 Å². The molecule has 0 aromatic rings. The molecule has 0 saturated carbocycles. The zero-order valence-electron chi connectivity index (χ0n) is 7.86. The summed E-state index contributed by atoms with van der Waals surface area (Å²) in [6, 6.07) is 0. The van der Waals surface area contributed by atoms with E-state index in [4.69, 9.17) is 9.79 Å². The van der Waals surface area contributed by atoms with Crippen LogP contribution < -0.4 is 10.6 Å². The predicted molar refractivity (Wildman–Crippen MR) is 55.6 cm³/mol. The van der Waals surface area contributed by atoms with E-state index in [1.54, 1.807) is 6.92 Å². The van der Waals surface area contributed by atoms with Gasteiger partial charge in [-0.2, -0.15) is 0 Å². The minimum Gasteiger partial charge on any atom is -0.320 e. The van der Waals surface area contributed by atoms with Gasteiger partial charge in [-0.3, -0.25) is 0 Å². The van der Waals surface area contributed by atoms with Crippen LogP contribution in [0.1, 0.15) is 13.3 Å². The molecule has 0 aromatic heterocycles. The first-order valence-electron chi connectivity index (χ1n) is 4.07. The van der Waals surface area contributed by atoms with Crippen molar-refractivity contribution in [2.24, 2.45) is 0 Å². The Kier molecular flexibility index (Phi) is 7.03. The van der Waals surface area contributed by atoms with Crippen LogP contribution in [-0.4, -0.2) is 35.3 Å². The maximum atomic E-state index is 10.5. The van der Waals surface area contributed by atoms with Gasteiger partial charge in [0.25, 0.3) is 0 Å². The van der Waals surface area contributed by atoms with Gasteiger partial charge in [-0.15, -0.1) is 0 Å². The van der Waals surface area contributed by atoms with E-state index < -0.39 is 6.80 Å². The molecule has 1 atom stereocenters. The molecular weight excluding hydrogens is 211 g/mol. The first-order chi connectivity index (χ1) is 5.95. The standard InChI is InChI=1S/C6H17N2O3PS/c1-6(13-12(9,10)11)8-5-3-4-7-2/h6-8H,3-5H2,1-2H3,(H2,9,10,11). The van der Waals surface area contributed by atoms with Crippen LogP contribution in [0, 0.1) is 0 Å². The van der Waals surface area contributed by atoms with Gasteiger partial charge in [-0.05, 0) is 44.9 Å². The Morgan fingerprint density at radius 1 is 1.46 bits per heavy atom. The highest BCUT2D eigenvalue weighted by Crippen LogP contribution is 2.51. The van der Waals surface area contributed by atoms with Crippen molar-refractivity contribution in [2.75, 3.05) is 20.1 Å². The molecule has 0 heterocycles. The van der Waals surface area contributed by atoms with Crippen molar-refractivity contribution in [3.05, 3.63) is 0 Å². The van der Waals surface area contributed by atoms with E-state index in [2.05, 4.69) is 10.6 Å². The maximum absolute atomic E-state index is 10.5. The van der Waals surface area contributed by atoms with Crippen LogP contribution in [0.3, 0.4) is 0 Å². The summed E-state index contributed by atoms with van der Waals surface area (Å²) in [4.78, 5) is 17.2. The first kappa shape index (κ1) is 13.4. The molecule has 0 fully saturated rings. The van der Waals surface area contributed by atoms with Crippen LogP contribution in [0.25, 0.3) is 0 Å². The Hall–Kier alpha value is 0.420. The van der Waals surface area contributed by atoms with E-state index >= 15 is 0 Å². The van der Waals surface area contributed by atoms with Gasteiger partial charge >= 0.3 is 6.80 Å². The van der Waals surface area contributed by atoms with Crippen LogP contribution >= 0.6 is 18.2 Å². The average molecular weight is 228 g/mol. The van der Waals surface area contributed by atoms with E-state index in [9.17, 15) is 4.57 Å². The lowest BCUT2D eigenvalue weighted by molar-refractivity contribution is 0.396. The van der Waals surface area contributed by atoms with Crippen LogP contribution in [0.5, 0.6) is 0 Å². The maximum Gasteiger partial charge on any atom is 0.385 e. The van der Waals surface area contributed by atoms with Gasteiger partial charge in [-0.25, -0.2) is 4.57 Å². The third kappa shape index (κ3) is 10.3. The summed E-state index contributed by atoms with van der Waals surface area (Å²) in [6.07, 6.45) is 0.947. The summed E-state index contributed by atoms with van der Waals surface area (Å²) in [6.45, 7) is -0.538. The molecule has 1 unspecified atom stereocenters. The Bertz CT molecular complexity index is 175. The summed E-state index contributed by atoms with van der Waals surface area (Å²) in [7, 11) is 1.87. The fourth-order valence-corrected chi connectivity index (χ4v) is 2.88. The average Bonchev–Trinajstić information content (AvgIpc) is 1.94. The fraction of sp³-hybridized carbons (Fsp3) is 1.00. The normalized spacial score (nSPS) is 14.5. The Morgan fingerprint density at radius 2 is 2.08 bits per heavy atom. The Balaban J connectivity index is 3.41. The fourth-order valence-electron chi connectivity index (χ4n) is 0.814. The lowest BCUT2D eigenvalue weighted by atomic mass is 10.4. The monoisotopic (exact) mass is 228 g/mol. The number of hydrogen-bond donors (Lipinski definition) is 4. The molecule has 0 amide bonds. The molecule has 0 rings (SSSR count). The van der Waals surface area contributed by atoms with Gasteiger partial charge in [0.05, 0.1) is 5.37 Å². The van der Waals surface area contributed by atoms with Crippen LogP contribution in [-0.2, 0) is 4.57 Å². The van der Waals surface area contributed by atoms with Crippen molar-refractivity contribution in [2.45, 2.75) is 18.7 Å². The predicted octanol–water partition coefficient (Wildman–Crippen LogP) is 0.357. The zero-order valence-corrected chi connectivity index (χ0v) is 9.57. The molecular formula is C6H17N2O3PS. The van der Waals surface area contributed by atoms with Crippen LogP contribution in [0.15, 0.2) is 0 Å². The van der Waals surface area contributed by atoms with Gasteiger partial charge in [-0.1, -0.05) is 0 Å². The highest BCUT2D eigenvalue weighted by atomic mass is 32.7. The van der Waals surface area contributed by atoms with Crippen molar-refractivity contribution >= 4 is 18.2 Å². The second-order valence-corrected chi connectivity index (χ2v) is 6.61. The number of hydrogen-bond acceptors (Lipinski definition) is 4. The molecule has 0 aromatic carbocycles. The van der Waals surface area contributed by atoms with Gasteiger partial charge in [0, 0.05) is 0 Å². The Labute approximate surface area is 82.6 Å². The second kappa shape index (κ2) is 6.81. The molecule has 0 radical (unpaired) electrons. The minimum atomic E-state index is -3.94. The molecule has 0 bridgehead atoms. The van der Waals surface area contributed by atoms with E-state index in [1.165, 1.54) is 0 Å². The zero-order chi connectivity index (χ0) is 10.3. The number of rotatable bonds is 7. The molecule has 7 heteroatoms. The number of nitrogens with one attached hydrogen (secondary N) is 2. The first-order valence-corrected chi connectivity index (χ1v) is 7.17. The van der Waals surface area contributed by atoms with Crippen molar-refractivity contribution in [1.29, 1.82) is 0 Å². The lowest BCUT2D eigenvalue weighted by Gasteiger charge is -2.13. The van der Waals surface area contributed by atoms with E-state index in [0.29, 0.717) is 11.4 Å². The van der Waals surface area contributed by atoms with Crippen LogP contribution in [0.4, 0.5) is 0 Å². The van der Waals surface area contributed by atoms with Crippen molar-refractivity contribution in [3.63, 3.8) is 0 Å². The highest BCUT2D eigenvalue weighted by Gasteiger charge is 2.18. The van der Waals surface area contributed by atoms with E-state index in [1.807, 2.05) is 7.05 Å². The van der Waals surface area contributed by atoms with Crippen molar-refractivity contribution < 1.29 is 14.4 Å². The molecule has 0 spiro atoms. The van der Waals surface area contributed by atoms with Gasteiger partial charge in [0.15, 0.2) is 0 Å². The van der Waals surface area contributed by atoms with Gasteiger partial charge in [0.2, 0.25) is 0 Å². The largest absolute Gasteiger partial charge is 0.385 e. The van der Waals surface area contributed by atoms with E-state index in [-0.39, 0.29) is 5.37 Å². The highest BCUT2D eigenvalue weighted by molar-refractivity contribution is 8.54. The smallest absolute Gasteiger partial charge is 0.320 e. The second-order valence-electron chi connectivity index (χ2n) is 2.65. The molecule has 0 aliphatic carbocycles. The summed E-state index contributed by atoms with van der Waals surface area (Å²) in [5, 5.41) is 5.78. The third-order valence-electron chi connectivity index (χ3n) is 1.33. The minimum absolute atomic E-state index is 0.210. The summed E-state index contributed by atoms with van der Waals surface area (Å²) in [5.41, 5.74) is 0. The summed E-state index contributed by atoms with van der Waals surface area (Å²) >= 11 is 0.650. The Morgan fingerprint density at radius 3 is 2.54 bits per heavy atom. The molecule has 5 nitrogen and oxygen atoms in total. The van der Waals surface area contributed by atoms with Crippen molar-refractivity contribution in [3.8, 4) is 0 Å². The van der Waals surface area contributed by atoms with Crippen molar-refractivity contribution in [1.82, 2.24) is 10.6 Å². The van der Waals surface area contributed by atoms with Gasteiger partial charge < -0.3 is 20.4 Å². The quantitative estimate of drug-likeness (QED) is 0.286. The summed E-state index contributed by atoms with van der Waals surface area (Å²) < 4.78 is 10.5. The summed E-state index contributed by atoms with van der Waals surface area (Å²) in [5.74, 6) is 0. The molecule has 80 valence electrons. The molecule has 0 aliphatic rings. The molecule has 4 N–H and O–H groups in total. The van der Waals surface area contributed by atoms with E-state index in [0.717, 1.165) is 19.5 Å². The van der Waals surface area contributed by atoms with Crippen LogP contribution in [0.2, 0.25) is 0 Å². The third-order valence-corrected chi connectivity index (χ3v) is 3.86. The lowest BCUT2D eigenvalue weighted by Crippen LogP contribution is -2.26. The molecule has 0 saturated heterocycles. The molecule has 0 aliphatic heterocycles. The molecule has 13 heavy (non-hydrogen) atoms. The van der Waals surface area contributed by atoms with Gasteiger partial charge in [0.1, 0.15) is 0 Å². The SMILES string of the molecule is CNCCCNC(C)SP(=O)(O)O.